The predicted molar refractivity (Wildman–Crippen MR) is 88.7 cm³/mol. The molecule has 0 spiro atoms. The zero-order chi connectivity index (χ0) is 17.1. The summed E-state index contributed by atoms with van der Waals surface area (Å²) >= 11 is 0. The van der Waals surface area contributed by atoms with E-state index in [1.54, 1.807) is 4.90 Å². The molecule has 24 heavy (non-hydrogen) atoms. The zero-order valence-corrected chi connectivity index (χ0v) is 14.1. The Kier molecular flexibility index (Phi) is 5.33. The second-order valence-electron chi connectivity index (χ2n) is 6.71. The Hall–Kier alpha value is -1.69. The lowest BCUT2D eigenvalue weighted by atomic mass is 10.0. The van der Waals surface area contributed by atoms with Gasteiger partial charge in [0.1, 0.15) is 11.6 Å². The summed E-state index contributed by atoms with van der Waals surface area (Å²) in [6, 6.07) is 3.10. The van der Waals surface area contributed by atoms with Crippen molar-refractivity contribution in [3.63, 3.8) is 0 Å². The van der Waals surface area contributed by atoms with Gasteiger partial charge in [-0.3, -0.25) is 4.90 Å². The van der Waals surface area contributed by atoms with Crippen LogP contribution in [0.5, 0.6) is 0 Å². The van der Waals surface area contributed by atoms with Gasteiger partial charge in [0.15, 0.2) is 0 Å². The molecule has 2 aliphatic heterocycles. The molecule has 1 N–H and O–H groups in total. The van der Waals surface area contributed by atoms with Gasteiger partial charge in [-0.05, 0) is 57.0 Å². The Balaban J connectivity index is 1.61. The van der Waals surface area contributed by atoms with Crippen molar-refractivity contribution in [2.45, 2.75) is 44.7 Å². The fraction of sp³-hybridized carbons (Fsp3) is 0.611. The number of nitrogens with zero attached hydrogens (tertiary/aromatic N) is 2. The first kappa shape index (κ1) is 17.1. The van der Waals surface area contributed by atoms with E-state index in [1.807, 2.05) is 6.92 Å². The van der Waals surface area contributed by atoms with E-state index in [0.717, 1.165) is 38.2 Å². The van der Waals surface area contributed by atoms with Crippen LogP contribution in [0.15, 0.2) is 18.2 Å². The van der Waals surface area contributed by atoms with E-state index in [2.05, 4.69) is 10.2 Å². The minimum Gasteiger partial charge on any atom is -0.331 e. The lowest BCUT2D eigenvalue weighted by molar-refractivity contribution is 0.194. The molecule has 1 aromatic carbocycles. The summed E-state index contributed by atoms with van der Waals surface area (Å²) in [5.41, 5.74) is 0.209. The number of nitrogens with one attached hydrogen (secondary N) is 1. The highest BCUT2D eigenvalue weighted by Crippen LogP contribution is 2.24. The van der Waals surface area contributed by atoms with Gasteiger partial charge in [-0.2, -0.15) is 0 Å². The predicted octanol–water partition coefficient (Wildman–Crippen LogP) is 3.30. The first-order chi connectivity index (χ1) is 11.6. The summed E-state index contributed by atoms with van der Waals surface area (Å²) in [6.07, 6.45) is 3.97. The Bertz CT molecular complexity index is 590. The maximum absolute atomic E-state index is 14.0. The third-order valence-corrected chi connectivity index (χ3v) is 5.15. The molecule has 0 aromatic heterocycles. The van der Waals surface area contributed by atoms with Gasteiger partial charge in [0.05, 0.1) is 6.04 Å². The Morgan fingerprint density at radius 3 is 2.75 bits per heavy atom. The number of carbonyl (C=O) groups is 1. The van der Waals surface area contributed by atoms with Crippen LogP contribution < -0.4 is 5.32 Å². The summed E-state index contributed by atoms with van der Waals surface area (Å²) in [4.78, 5) is 16.8. The van der Waals surface area contributed by atoms with Crippen LogP contribution in [0.25, 0.3) is 0 Å². The van der Waals surface area contributed by atoms with E-state index in [4.69, 9.17) is 0 Å². The van der Waals surface area contributed by atoms with Crippen molar-refractivity contribution >= 4 is 6.03 Å². The first-order valence-electron chi connectivity index (χ1n) is 8.83. The van der Waals surface area contributed by atoms with Gasteiger partial charge in [-0.15, -0.1) is 0 Å². The SMILES string of the molecule is CCC(NC(=O)N1CCC(N2CCCC2)C1)c1cc(F)ccc1F. The van der Waals surface area contributed by atoms with Crippen LogP contribution in [0, 0.1) is 11.6 Å². The zero-order valence-electron chi connectivity index (χ0n) is 14.1. The average molecular weight is 337 g/mol. The van der Waals surface area contributed by atoms with E-state index in [1.165, 1.54) is 18.9 Å². The van der Waals surface area contributed by atoms with Crippen LogP contribution in [0.4, 0.5) is 13.6 Å². The molecule has 4 nitrogen and oxygen atoms in total. The van der Waals surface area contributed by atoms with Gasteiger partial charge in [0, 0.05) is 24.7 Å². The van der Waals surface area contributed by atoms with Crippen LogP contribution in [0.3, 0.4) is 0 Å². The molecule has 0 bridgehead atoms. The van der Waals surface area contributed by atoms with E-state index >= 15 is 0 Å². The molecule has 2 unspecified atom stereocenters. The highest BCUT2D eigenvalue weighted by molar-refractivity contribution is 5.75. The lowest BCUT2D eigenvalue weighted by Gasteiger charge is -2.25. The van der Waals surface area contributed by atoms with Crippen LogP contribution in [-0.2, 0) is 0 Å². The standard InChI is InChI=1S/C18H25F2N3O/c1-2-17(15-11-13(19)5-6-16(15)20)21-18(24)23-10-7-14(12-23)22-8-3-4-9-22/h5-6,11,14,17H,2-4,7-10,12H2,1H3,(H,21,24). The number of hydrogen-bond acceptors (Lipinski definition) is 2. The molecular formula is C18H25F2N3O. The fourth-order valence-corrected chi connectivity index (χ4v) is 3.75. The van der Waals surface area contributed by atoms with Gasteiger partial charge >= 0.3 is 6.03 Å². The molecule has 3 rings (SSSR count). The third-order valence-electron chi connectivity index (χ3n) is 5.15. The quantitative estimate of drug-likeness (QED) is 0.915. The summed E-state index contributed by atoms with van der Waals surface area (Å²) < 4.78 is 27.4. The molecule has 2 amide bonds. The van der Waals surface area contributed by atoms with Crippen LogP contribution >= 0.6 is 0 Å². The largest absolute Gasteiger partial charge is 0.331 e. The molecule has 2 heterocycles. The molecule has 0 aliphatic carbocycles. The van der Waals surface area contributed by atoms with Crippen LogP contribution in [-0.4, -0.2) is 48.1 Å². The van der Waals surface area contributed by atoms with Crippen molar-refractivity contribution in [3.8, 4) is 0 Å². The molecule has 0 saturated carbocycles. The minimum absolute atomic E-state index is 0.188. The van der Waals surface area contributed by atoms with Gasteiger partial charge in [0.25, 0.3) is 0 Å². The summed E-state index contributed by atoms with van der Waals surface area (Å²) in [6.45, 7) is 5.52. The number of halogens is 2. The van der Waals surface area contributed by atoms with E-state index in [-0.39, 0.29) is 11.6 Å². The van der Waals surface area contributed by atoms with Crippen molar-refractivity contribution in [2.24, 2.45) is 0 Å². The maximum Gasteiger partial charge on any atom is 0.317 e. The normalized spacial score (nSPS) is 22.8. The summed E-state index contributed by atoms with van der Waals surface area (Å²) in [5, 5.41) is 2.87. The fourth-order valence-electron chi connectivity index (χ4n) is 3.75. The summed E-state index contributed by atoms with van der Waals surface area (Å²) in [5.74, 6) is -0.978. The molecule has 0 radical (unpaired) electrons. The second-order valence-corrected chi connectivity index (χ2v) is 6.71. The smallest absolute Gasteiger partial charge is 0.317 e. The summed E-state index contributed by atoms with van der Waals surface area (Å²) in [7, 11) is 0. The molecular weight excluding hydrogens is 312 g/mol. The average Bonchev–Trinajstić information content (AvgIpc) is 3.25. The van der Waals surface area contributed by atoms with Crippen LogP contribution in [0.1, 0.15) is 44.2 Å². The van der Waals surface area contributed by atoms with Crippen LogP contribution in [0.2, 0.25) is 0 Å². The number of hydrogen-bond donors (Lipinski definition) is 1. The minimum atomic E-state index is -0.515. The molecule has 2 fully saturated rings. The highest BCUT2D eigenvalue weighted by atomic mass is 19.1. The molecule has 2 saturated heterocycles. The molecule has 2 aliphatic rings. The first-order valence-corrected chi connectivity index (χ1v) is 8.83. The maximum atomic E-state index is 14.0. The van der Waals surface area contributed by atoms with Gasteiger partial charge in [-0.1, -0.05) is 6.92 Å². The third kappa shape index (κ3) is 3.69. The van der Waals surface area contributed by atoms with Crippen molar-refractivity contribution in [1.82, 2.24) is 15.1 Å². The molecule has 132 valence electrons. The number of benzene rings is 1. The Morgan fingerprint density at radius 2 is 2.04 bits per heavy atom. The van der Waals surface area contributed by atoms with Gasteiger partial charge in [0.2, 0.25) is 0 Å². The topological polar surface area (TPSA) is 35.6 Å². The van der Waals surface area contributed by atoms with E-state index < -0.39 is 17.7 Å². The Morgan fingerprint density at radius 1 is 1.29 bits per heavy atom. The van der Waals surface area contributed by atoms with Gasteiger partial charge < -0.3 is 10.2 Å². The lowest BCUT2D eigenvalue weighted by Crippen LogP contribution is -2.42. The molecule has 6 heteroatoms. The Labute approximate surface area is 141 Å². The van der Waals surface area contributed by atoms with E-state index in [0.29, 0.717) is 19.0 Å². The highest BCUT2D eigenvalue weighted by Gasteiger charge is 2.32. The van der Waals surface area contributed by atoms with Crippen molar-refractivity contribution < 1.29 is 13.6 Å². The number of amides is 2. The number of likely N-dealkylation sites (tertiary alicyclic amines) is 2. The molecule has 2 atom stereocenters. The van der Waals surface area contributed by atoms with Gasteiger partial charge in [-0.25, -0.2) is 13.6 Å². The monoisotopic (exact) mass is 337 g/mol. The second kappa shape index (κ2) is 7.47. The number of urea groups is 1. The van der Waals surface area contributed by atoms with E-state index in [9.17, 15) is 13.6 Å². The van der Waals surface area contributed by atoms with Crippen molar-refractivity contribution in [1.29, 1.82) is 0 Å². The number of rotatable bonds is 4. The van der Waals surface area contributed by atoms with Crippen molar-refractivity contribution in [3.05, 3.63) is 35.4 Å². The molecule has 1 aromatic rings. The number of carbonyl (C=O) groups excluding carboxylic acids is 1. The van der Waals surface area contributed by atoms with Crippen molar-refractivity contribution in [2.75, 3.05) is 26.2 Å².